The molecule has 1 aliphatic carbocycles. The van der Waals surface area contributed by atoms with Crippen LogP contribution in [0, 0.1) is 12.3 Å². The van der Waals surface area contributed by atoms with Crippen molar-refractivity contribution in [3.05, 3.63) is 23.3 Å². The molecule has 21 heavy (non-hydrogen) atoms. The Morgan fingerprint density at radius 1 is 1.38 bits per heavy atom. The van der Waals surface area contributed by atoms with Crippen LogP contribution in [0.1, 0.15) is 34.8 Å². The lowest BCUT2D eigenvalue weighted by molar-refractivity contribution is -0.145. The number of nitrogens with zero attached hydrogens (tertiary/aromatic N) is 2. The fourth-order valence-corrected chi connectivity index (χ4v) is 1.77. The van der Waals surface area contributed by atoms with E-state index in [0.717, 1.165) is 6.07 Å². The third kappa shape index (κ3) is 3.29. The molecule has 1 aromatic rings. The van der Waals surface area contributed by atoms with Crippen LogP contribution in [0.25, 0.3) is 0 Å². The van der Waals surface area contributed by atoms with Crippen LogP contribution >= 0.6 is 0 Å². The number of aliphatic carboxylic acids is 1. The third-order valence-electron chi connectivity index (χ3n) is 3.23. The highest BCUT2D eigenvalue weighted by atomic mass is 19.4. The average molecular weight is 303 g/mol. The lowest BCUT2D eigenvalue weighted by atomic mass is 10.1. The Morgan fingerprint density at radius 2 is 2.00 bits per heavy atom. The van der Waals surface area contributed by atoms with E-state index in [9.17, 15) is 22.8 Å². The van der Waals surface area contributed by atoms with Crippen molar-refractivity contribution in [2.75, 3.05) is 6.54 Å². The molecular formula is C12H12F3N3O3. The first-order valence-electron chi connectivity index (χ1n) is 6.08. The standard InChI is InChI=1S/C12H12F3N3O3/c1-6-4-7(18-9(17-6)12(13,14)15)8(19)16-5-11(2-3-11)10(20)21/h4H,2-3,5H2,1H3,(H,16,19)(H,20,21). The van der Waals surface area contributed by atoms with Crippen LogP contribution in [0.5, 0.6) is 0 Å². The molecular weight excluding hydrogens is 291 g/mol. The van der Waals surface area contributed by atoms with Gasteiger partial charge in [-0.1, -0.05) is 0 Å². The number of rotatable bonds is 4. The summed E-state index contributed by atoms with van der Waals surface area (Å²) < 4.78 is 37.7. The molecule has 1 aliphatic rings. The number of carbonyl (C=O) groups is 2. The van der Waals surface area contributed by atoms with Gasteiger partial charge in [-0.3, -0.25) is 9.59 Å². The van der Waals surface area contributed by atoms with Gasteiger partial charge in [0, 0.05) is 12.2 Å². The number of carbonyl (C=O) groups excluding carboxylic acids is 1. The summed E-state index contributed by atoms with van der Waals surface area (Å²) in [7, 11) is 0. The van der Waals surface area contributed by atoms with E-state index < -0.39 is 35.0 Å². The summed E-state index contributed by atoms with van der Waals surface area (Å²) in [6.07, 6.45) is -3.89. The van der Waals surface area contributed by atoms with Gasteiger partial charge in [-0.05, 0) is 25.8 Å². The number of halogens is 3. The van der Waals surface area contributed by atoms with Crippen molar-refractivity contribution in [1.29, 1.82) is 0 Å². The largest absolute Gasteiger partial charge is 0.481 e. The number of hydrogen-bond acceptors (Lipinski definition) is 4. The zero-order valence-corrected chi connectivity index (χ0v) is 11.0. The molecule has 0 atom stereocenters. The maximum atomic E-state index is 12.6. The summed E-state index contributed by atoms with van der Waals surface area (Å²) >= 11 is 0. The lowest BCUT2D eigenvalue weighted by Crippen LogP contribution is -2.35. The van der Waals surface area contributed by atoms with Gasteiger partial charge in [-0.25, -0.2) is 9.97 Å². The van der Waals surface area contributed by atoms with Gasteiger partial charge in [-0.2, -0.15) is 13.2 Å². The van der Waals surface area contributed by atoms with E-state index in [0.29, 0.717) is 12.8 Å². The van der Waals surface area contributed by atoms with Crippen molar-refractivity contribution in [2.45, 2.75) is 25.9 Å². The average Bonchev–Trinajstić information content (AvgIpc) is 3.15. The highest BCUT2D eigenvalue weighted by Crippen LogP contribution is 2.45. The van der Waals surface area contributed by atoms with Gasteiger partial charge in [0.05, 0.1) is 5.41 Å². The Bertz CT molecular complexity index is 597. The van der Waals surface area contributed by atoms with Crippen molar-refractivity contribution < 1.29 is 27.9 Å². The molecule has 2 rings (SSSR count). The molecule has 0 spiro atoms. The van der Waals surface area contributed by atoms with Gasteiger partial charge in [-0.15, -0.1) is 0 Å². The monoisotopic (exact) mass is 303 g/mol. The van der Waals surface area contributed by atoms with E-state index in [1.54, 1.807) is 0 Å². The van der Waals surface area contributed by atoms with Crippen LogP contribution < -0.4 is 5.32 Å². The molecule has 1 fully saturated rings. The van der Waals surface area contributed by atoms with Crippen LogP contribution in [0.3, 0.4) is 0 Å². The molecule has 0 radical (unpaired) electrons. The number of aromatic nitrogens is 2. The summed E-state index contributed by atoms with van der Waals surface area (Å²) in [6, 6.07) is 1.12. The molecule has 0 saturated heterocycles. The summed E-state index contributed by atoms with van der Waals surface area (Å²) in [5.74, 6) is -3.27. The van der Waals surface area contributed by atoms with Crippen molar-refractivity contribution in [3.63, 3.8) is 0 Å². The van der Waals surface area contributed by atoms with Crippen LogP contribution in [0.4, 0.5) is 13.2 Å². The van der Waals surface area contributed by atoms with Crippen molar-refractivity contribution in [1.82, 2.24) is 15.3 Å². The van der Waals surface area contributed by atoms with E-state index in [2.05, 4.69) is 15.3 Å². The van der Waals surface area contributed by atoms with Gasteiger partial charge in [0.25, 0.3) is 5.91 Å². The minimum atomic E-state index is -4.75. The maximum absolute atomic E-state index is 12.6. The minimum absolute atomic E-state index is 0.00171. The normalized spacial score (nSPS) is 16.4. The second-order valence-electron chi connectivity index (χ2n) is 4.98. The van der Waals surface area contributed by atoms with Crippen LogP contribution in [0.15, 0.2) is 6.07 Å². The predicted molar refractivity (Wildman–Crippen MR) is 63.4 cm³/mol. The zero-order chi connectivity index (χ0) is 15.8. The van der Waals surface area contributed by atoms with Crippen molar-refractivity contribution in [2.24, 2.45) is 5.41 Å². The molecule has 0 unspecified atom stereocenters. The highest BCUT2D eigenvalue weighted by molar-refractivity contribution is 5.93. The summed E-state index contributed by atoms with van der Waals surface area (Å²) in [5, 5.41) is 11.3. The van der Waals surface area contributed by atoms with Crippen LogP contribution in [-0.2, 0) is 11.0 Å². The molecule has 9 heteroatoms. The first-order valence-corrected chi connectivity index (χ1v) is 6.08. The van der Waals surface area contributed by atoms with E-state index in [-0.39, 0.29) is 12.2 Å². The molecule has 6 nitrogen and oxygen atoms in total. The topological polar surface area (TPSA) is 92.2 Å². The first-order chi connectivity index (χ1) is 9.64. The van der Waals surface area contributed by atoms with E-state index in [1.165, 1.54) is 6.92 Å². The van der Waals surface area contributed by atoms with Crippen molar-refractivity contribution in [3.8, 4) is 0 Å². The molecule has 0 bridgehead atoms. The molecule has 0 aromatic carbocycles. The fraction of sp³-hybridized carbons (Fsp3) is 0.500. The SMILES string of the molecule is Cc1cc(C(=O)NCC2(C(=O)O)CC2)nc(C(F)(F)F)n1. The Morgan fingerprint density at radius 3 is 2.48 bits per heavy atom. The highest BCUT2D eigenvalue weighted by Gasteiger charge is 2.50. The molecule has 1 heterocycles. The van der Waals surface area contributed by atoms with E-state index in [1.807, 2.05) is 0 Å². The van der Waals surface area contributed by atoms with E-state index in [4.69, 9.17) is 5.11 Å². The van der Waals surface area contributed by atoms with Gasteiger partial charge in [0.1, 0.15) is 5.69 Å². The second-order valence-corrected chi connectivity index (χ2v) is 4.98. The summed E-state index contributed by atoms with van der Waals surface area (Å²) in [5.41, 5.74) is -1.43. The third-order valence-corrected chi connectivity index (χ3v) is 3.23. The smallest absolute Gasteiger partial charge is 0.451 e. The number of carboxylic acid groups (broad SMARTS) is 1. The number of carboxylic acids is 1. The number of alkyl halides is 3. The Hall–Kier alpha value is -2.19. The zero-order valence-electron chi connectivity index (χ0n) is 11.0. The predicted octanol–water partition coefficient (Wildman–Crippen LogP) is 1.40. The number of nitrogens with one attached hydrogen (secondary N) is 1. The molecule has 2 N–H and O–H groups in total. The summed E-state index contributed by atoms with van der Waals surface area (Å²) in [4.78, 5) is 29.2. The van der Waals surface area contributed by atoms with Crippen LogP contribution in [-0.4, -0.2) is 33.5 Å². The number of amides is 1. The van der Waals surface area contributed by atoms with Gasteiger partial charge in [0.15, 0.2) is 0 Å². The van der Waals surface area contributed by atoms with E-state index >= 15 is 0 Å². The first kappa shape index (κ1) is 15.2. The second kappa shape index (κ2) is 4.97. The number of hydrogen-bond donors (Lipinski definition) is 2. The molecule has 114 valence electrons. The lowest BCUT2D eigenvalue weighted by Gasteiger charge is -2.12. The van der Waals surface area contributed by atoms with Gasteiger partial charge in [0.2, 0.25) is 5.82 Å². The maximum Gasteiger partial charge on any atom is 0.451 e. The van der Waals surface area contributed by atoms with Gasteiger partial charge >= 0.3 is 12.1 Å². The fourth-order valence-electron chi connectivity index (χ4n) is 1.77. The Labute approximate surface area is 117 Å². The number of aryl methyl sites for hydroxylation is 1. The Kier molecular flexibility index (Phi) is 3.60. The molecule has 1 aromatic heterocycles. The minimum Gasteiger partial charge on any atom is -0.481 e. The molecule has 1 saturated carbocycles. The van der Waals surface area contributed by atoms with Crippen molar-refractivity contribution >= 4 is 11.9 Å². The molecule has 1 amide bonds. The van der Waals surface area contributed by atoms with Gasteiger partial charge < -0.3 is 10.4 Å². The molecule has 0 aliphatic heterocycles. The quantitative estimate of drug-likeness (QED) is 0.877. The van der Waals surface area contributed by atoms with Crippen LogP contribution in [0.2, 0.25) is 0 Å². The summed E-state index contributed by atoms with van der Waals surface area (Å²) in [6.45, 7) is 1.18. The Balaban J connectivity index is 2.13.